The fraction of sp³-hybridized carbons (Fsp3) is 0.462. The molecule has 1 heterocycles. The summed E-state index contributed by atoms with van der Waals surface area (Å²) in [5.41, 5.74) is 3.64. The zero-order valence-corrected chi connectivity index (χ0v) is 10.2. The molecule has 2 atom stereocenters. The van der Waals surface area contributed by atoms with Crippen molar-refractivity contribution >= 4 is 5.91 Å². The Morgan fingerprint density at radius 2 is 2.00 bits per heavy atom. The van der Waals surface area contributed by atoms with E-state index in [0.29, 0.717) is 0 Å². The van der Waals surface area contributed by atoms with Crippen molar-refractivity contribution in [2.24, 2.45) is 0 Å². The first kappa shape index (κ1) is 11.1. The average Bonchev–Trinajstić information content (AvgIpc) is 2.50. The lowest BCUT2D eigenvalue weighted by Crippen LogP contribution is -2.26. The number of aryl methyl sites for hydroxylation is 2. The van der Waals surface area contributed by atoms with E-state index in [9.17, 15) is 4.79 Å². The summed E-state index contributed by atoms with van der Waals surface area (Å²) in [7, 11) is 1.85. The molecule has 1 aliphatic rings. The largest absolute Gasteiger partial charge is 0.325 e. The Kier molecular flexibility index (Phi) is 2.72. The van der Waals surface area contributed by atoms with Crippen LogP contribution in [0, 0.1) is 13.8 Å². The molecule has 0 aliphatic carbocycles. The molecule has 3 heteroatoms. The van der Waals surface area contributed by atoms with Crippen molar-refractivity contribution in [2.75, 3.05) is 7.05 Å². The summed E-state index contributed by atoms with van der Waals surface area (Å²) >= 11 is 0. The van der Waals surface area contributed by atoms with Gasteiger partial charge in [-0.05, 0) is 31.9 Å². The predicted octanol–water partition coefficient (Wildman–Crippen LogP) is 1.75. The van der Waals surface area contributed by atoms with E-state index in [-0.39, 0.29) is 18.1 Å². The van der Waals surface area contributed by atoms with E-state index in [0.717, 1.165) is 0 Å². The highest BCUT2D eigenvalue weighted by Gasteiger charge is 2.34. The van der Waals surface area contributed by atoms with E-state index >= 15 is 0 Å². The number of nitrogens with one attached hydrogen (secondary N) is 1. The maximum Gasteiger partial charge on any atom is 0.240 e. The molecule has 0 aromatic heterocycles. The van der Waals surface area contributed by atoms with Crippen LogP contribution in [0.2, 0.25) is 0 Å². The third kappa shape index (κ3) is 1.71. The molecule has 0 radical (unpaired) electrons. The van der Waals surface area contributed by atoms with Gasteiger partial charge in [-0.15, -0.1) is 0 Å². The van der Waals surface area contributed by atoms with Gasteiger partial charge in [0.1, 0.15) is 6.17 Å². The van der Waals surface area contributed by atoms with Gasteiger partial charge in [-0.2, -0.15) is 0 Å². The van der Waals surface area contributed by atoms with Gasteiger partial charge in [-0.3, -0.25) is 10.1 Å². The van der Waals surface area contributed by atoms with Gasteiger partial charge in [-0.1, -0.05) is 23.8 Å². The Morgan fingerprint density at radius 1 is 1.31 bits per heavy atom. The van der Waals surface area contributed by atoms with Crippen LogP contribution in [0.5, 0.6) is 0 Å². The standard InChI is InChI=1S/C13H18N2O/c1-8-5-6-9(2)11(7-8)12-14-10(3)13(16)15(12)4/h5-7,10,12,14H,1-4H3. The van der Waals surface area contributed by atoms with Gasteiger partial charge in [0, 0.05) is 7.05 Å². The highest BCUT2D eigenvalue weighted by Crippen LogP contribution is 2.26. The third-order valence-electron chi connectivity index (χ3n) is 3.24. The monoisotopic (exact) mass is 218 g/mol. The van der Waals surface area contributed by atoms with Crippen LogP contribution in [0.4, 0.5) is 0 Å². The maximum atomic E-state index is 11.7. The van der Waals surface area contributed by atoms with Crippen LogP contribution in [0.1, 0.15) is 29.8 Å². The zero-order chi connectivity index (χ0) is 11.9. The minimum Gasteiger partial charge on any atom is -0.325 e. The Balaban J connectivity index is 2.38. The molecule has 0 bridgehead atoms. The first-order chi connectivity index (χ1) is 7.50. The summed E-state index contributed by atoms with van der Waals surface area (Å²) in [5, 5.41) is 3.31. The van der Waals surface area contributed by atoms with Crippen LogP contribution in [0.15, 0.2) is 18.2 Å². The lowest BCUT2D eigenvalue weighted by molar-refractivity contribution is -0.128. The second-order valence-corrected chi connectivity index (χ2v) is 4.60. The van der Waals surface area contributed by atoms with E-state index in [4.69, 9.17) is 0 Å². The molecule has 1 aromatic rings. The van der Waals surface area contributed by atoms with Crippen molar-refractivity contribution in [3.63, 3.8) is 0 Å². The lowest BCUT2D eigenvalue weighted by atomic mass is 10.0. The topological polar surface area (TPSA) is 32.3 Å². The summed E-state index contributed by atoms with van der Waals surface area (Å²) in [6.07, 6.45) is 0.0161. The average molecular weight is 218 g/mol. The van der Waals surface area contributed by atoms with E-state index in [1.54, 1.807) is 4.90 Å². The Labute approximate surface area is 96.5 Å². The number of nitrogens with zero attached hydrogens (tertiary/aromatic N) is 1. The van der Waals surface area contributed by atoms with Gasteiger partial charge in [0.2, 0.25) is 5.91 Å². The maximum absolute atomic E-state index is 11.7. The van der Waals surface area contributed by atoms with Crippen molar-refractivity contribution in [2.45, 2.75) is 33.0 Å². The van der Waals surface area contributed by atoms with Crippen LogP contribution in [-0.2, 0) is 4.79 Å². The van der Waals surface area contributed by atoms with Gasteiger partial charge in [-0.25, -0.2) is 0 Å². The normalized spacial score (nSPS) is 25.2. The Hall–Kier alpha value is -1.35. The third-order valence-corrected chi connectivity index (χ3v) is 3.24. The van der Waals surface area contributed by atoms with Crippen molar-refractivity contribution in [3.8, 4) is 0 Å². The highest BCUT2D eigenvalue weighted by atomic mass is 16.2. The minimum absolute atomic E-state index is 0.0161. The number of carbonyl (C=O) groups is 1. The Bertz CT molecular complexity index is 428. The van der Waals surface area contributed by atoms with Crippen molar-refractivity contribution in [1.82, 2.24) is 10.2 Å². The van der Waals surface area contributed by atoms with Gasteiger partial charge >= 0.3 is 0 Å². The molecular formula is C13H18N2O. The fourth-order valence-electron chi connectivity index (χ4n) is 2.21. The number of rotatable bonds is 1. The molecule has 1 saturated heterocycles. The van der Waals surface area contributed by atoms with E-state index in [2.05, 4.69) is 37.4 Å². The molecule has 0 saturated carbocycles. The number of likely N-dealkylation sites (N-methyl/N-ethyl adjacent to an activating group) is 1. The smallest absolute Gasteiger partial charge is 0.240 e. The molecule has 1 N–H and O–H groups in total. The van der Waals surface area contributed by atoms with Crippen LogP contribution in [-0.4, -0.2) is 23.9 Å². The summed E-state index contributed by atoms with van der Waals surface area (Å²) < 4.78 is 0. The molecule has 3 nitrogen and oxygen atoms in total. The fourth-order valence-corrected chi connectivity index (χ4v) is 2.21. The molecule has 1 aromatic carbocycles. The SMILES string of the molecule is Cc1ccc(C)c(C2NC(C)C(=O)N2C)c1. The van der Waals surface area contributed by atoms with E-state index in [1.165, 1.54) is 16.7 Å². The Morgan fingerprint density at radius 3 is 2.56 bits per heavy atom. The number of amides is 1. The zero-order valence-electron chi connectivity index (χ0n) is 10.2. The number of carbonyl (C=O) groups excluding carboxylic acids is 1. The van der Waals surface area contributed by atoms with Gasteiger partial charge in [0.05, 0.1) is 6.04 Å². The minimum atomic E-state index is -0.0880. The summed E-state index contributed by atoms with van der Waals surface area (Å²) in [4.78, 5) is 13.5. The van der Waals surface area contributed by atoms with Crippen molar-refractivity contribution in [1.29, 1.82) is 0 Å². The molecule has 2 rings (SSSR count). The first-order valence-corrected chi connectivity index (χ1v) is 5.60. The molecule has 1 aliphatic heterocycles. The first-order valence-electron chi connectivity index (χ1n) is 5.60. The van der Waals surface area contributed by atoms with Gasteiger partial charge < -0.3 is 4.90 Å². The van der Waals surface area contributed by atoms with Crippen LogP contribution in [0.3, 0.4) is 0 Å². The predicted molar refractivity (Wildman–Crippen MR) is 64.0 cm³/mol. The molecule has 16 heavy (non-hydrogen) atoms. The van der Waals surface area contributed by atoms with Gasteiger partial charge in [0.15, 0.2) is 0 Å². The lowest BCUT2D eigenvalue weighted by Gasteiger charge is -2.22. The number of hydrogen-bond donors (Lipinski definition) is 1. The second kappa shape index (κ2) is 3.91. The van der Waals surface area contributed by atoms with Crippen LogP contribution in [0.25, 0.3) is 0 Å². The van der Waals surface area contributed by atoms with Crippen LogP contribution < -0.4 is 5.32 Å². The number of hydrogen-bond acceptors (Lipinski definition) is 2. The van der Waals surface area contributed by atoms with Gasteiger partial charge in [0.25, 0.3) is 0 Å². The van der Waals surface area contributed by atoms with Crippen LogP contribution >= 0.6 is 0 Å². The van der Waals surface area contributed by atoms with Crippen molar-refractivity contribution < 1.29 is 4.79 Å². The van der Waals surface area contributed by atoms with Crippen molar-refractivity contribution in [3.05, 3.63) is 34.9 Å². The molecular weight excluding hydrogens is 200 g/mol. The highest BCUT2D eigenvalue weighted by molar-refractivity contribution is 5.83. The van der Waals surface area contributed by atoms with E-state index < -0.39 is 0 Å². The summed E-state index contributed by atoms with van der Waals surface area (Å²) in [5.74, 6) is 0.158. The van der Waals surface area contributed by atoms with E-state index in [1.807, 2.05) is 14.0 Å². The molecule has 2 unspecified atom stereocenters. The molecule has 0 spiro atoms. The summed E-state index contributed by atoms with van der Waals surface area (Å²) in [6.45, 7) is 6.06. The summed E-state index contributed by atoms with van der Waals surface area (Å²) in [6, 6.07) is 6.26. The number of benzene rings is 1. The molecule has 1 fully saturated rings. The quantitative estimate of drug-likeness (QED) is 0.779. The second-order valence-electron chi connectivity index (χ2n) is 4.60. The molecule has 86 valence electrons. The molecule has 1 amide bonds.